The molecule has 0 heterocycles. The molecule has 2 nitrogen and oxygen atoms in total. The van der Waals surface area contributed by atoms with E-state index < -0.39 is 0 Å². The van der Waals surface area contributed by atoms with Crippen molar-refractivity contribution >= 4 is 5.91 Å². The van der Waals surface area contributed by atoms with Crippen LogP contribution in [-0.2, 0) is 6.42 Å². The van der Waals surface area contributed by atoms with Gasteiger partial charge in [0.2, 0.25) is 0 Å². The van der Waals surface area contributed by atoms with Crippen LogP contribution in [0.1, 0.15) is 95.0 Å². The molecule has 0 saturated heterocycles. The maximum absolute atomic E-state index is 13.0. The molecule has 0 spiro atoms. The SMILES string of the molecule is CCCCCC(C)N(CCCC)C(=O)c1ccc(CCCC)cc1. The largest absolute Gasteiger partial charge is 0.336 e. The quantitative estimate of drug-likeness (QED) is 0.415. The van der Waals surface area contributed by atoms with Gasteiger partial charge in [0.1, 0.15) is 0 Å². The molecule has 0 radical (unpaired) electrons. The number of carbonyl (C=O) groups excluding carboxylic acids is 1. The Morgan fingerprint density at radius 3 is 2.12 bits per heavy atom. The topological polar surface area (TPSA) is 20.3 Å². The summed E-state index contributed by atoms with van der Waals surface area (Å²) in [7, 11) is 0. The smallest absolute Gasteiger partial charge is 0.254 e. The predicted octanol–water partition coefficient (Wildman–Crippen LogP) is 6.24. The molecule has 1 unspecified atom stereocenters. The first-order valence-corrected chi connectivity index (χ1v) is 10.0. The molecule has 1 atom stereocenters. The van der Waals surface area contributed by atoms with Gasteiger partial charge in [0.25, 0.3) is 5.91 Å². The number of rotatable bonds is 12. The molecular weight excluding hydrogens is 294 g/mol. The van der Waals surface area contributed by atoms with E-state index in [1.54, 1.807) is 0 Å². The summed E-state index contributed by atoms with van der Waals surface area (Å²) in [5.74, 6) is 0.203. The molecular formula is C22H37NO. The highest BCUT2D eigenvalue weighted by Gasteiger charge is 2.20. The Morgan fingerprint density at radius 2 is 1.54 bits per heavy atom. The number of amides is 1. The molecule has 0 fully saturated rings. The number of hydrogen-bond donors (Lipinski definition) is 0. The van der Waals surface area contributed by atoms with Crippen LogP contribution in [0.2, 0.25) is 0 Å². The second-order valence-corrected chi connectivity index (χ2v) is 7.00. The Morgan fingerprint density at radius 1 is 0.917 bits per heavy atom. The fourth-order valence-corrected chi connectivity index (χ4v) is 3.06. The summed E-state index contributed by atoms with van der Waals surface area (Å²) in [6.45, 7) is 9.71. The highest BCUT2D eigenvalue weighted by atomic mass is 16.2. The van der Waals surface area contributed by atoms with Gasteiger partial charge < -0.3 is 4.90 Å². The lowest BCUT2D eigenvalue weighted by atomic mass is 10.0. The molecule has 2 heteroatoms. The molecule has 24 heavy (non-hydrogen) atoms. The zero-order chi connectivity index (χ0) is 17.8. The van der Waals surface area contributed by atoms with Crippen LogP contribution in [-0.4, -0.2) is 23.4 Å². The molecule has 0 aliphatic rings. The monoisotopic (exact) mass is 331 g/mol. The molecule has 0 N–H and O–H groups in total. The zero-order valence-corrected chi connectivity index (χ0v) is 16.3. The Labute approximate surface area is 149 Å². The normalized spacial score (nSPS) is 12.2. The average Bonchev–Trinajstić information content (AvgIpc) is 2.60. The minimum atomic E-state index is 0.203. The molecule has 136 valence electrons. The van der Waals surface area contributed by atoms with Crippen LogP contribution in [0.25, 0.3) is 0 Å². The maximum Gasteiger partial charge on any atom is 0.254 e. The number of aryl methyl sites for hydroxylation is 1. The average molecular weight is 332 g/mol. The van der Waals surface area contributed by atoms with Crippen molar-refractivity contribution in [3.05, 3.63) is 35.4 Å². The van der Waals surface area contributed by atoms with Crippen molar-refractivity contribution in [1.82, 2.24) is 4.90 Å². The first-order valence-electron chi connectivity index (χ1n) is 10.0. The highest BCUT2D eigenvalue weighted by molar-refractivity contribution is 5.94. The van der Waals surface area contributed by atoms with Crippen molar-refractivity contribution in [2.24, 2.45) is 0 Å². The summed E-state index contributed by atoms with van der Waals surface area (Å²) < 4.78 is 0. The molecule has 1 aromatic carbocycles. The molecule has 1 aromatic rings. The van der Waals surface area contributed by atoms with E-state index >= 15 is 0 Å². The Balaban J connectivity index is 2.74. The van der Waals surface area contributed by atoms with E-state index in [1.807, 2.05) is 12.1 Å². The summed E-state index contributed by atoms with van der Waals surface area (Å²) in [6, 6.07) is 8.62. The Hall–Kier alpha value is -1.31. The maximum atomic E-state index is 13.0. The van der Waals surface area contributed by atoms with E-state index in [0.717, 1.165) is 37.8 Å². The Bertz CT molecular complexity index is 452. The molecule has 1 amide bonds. The van der Waals surface area contributed by atoms with Crippen LogP contribution in [0.5, 0.6) is 0 Å². The first kappa shape index (κ1) is 20.7. The van der Waals surface area contributed by atoms with Crippen molar-refractivity contribution in [2.45, 2.75) is 91.5 Å². The van der Waals surface area contributed by atoms with E-state index in [0.29, 0.717) is 6.04 Å². The molecule has 0 bridgehead atoms. The number of nitrogens with zero attached hydrogens (tertiary/aromatic N) is 1. The van der Waals surface area contributed by atoms with E-state index in [2.05, 4.69) is 44.7 Å². The minimum absolute atomic E-state index is 0.203. The van der Waals surface area contributed by atoms with Gasteiger partial charge in [0.05, 0.1) is 0 Å². The van der Waals surface area contributed by atoms with Gasteiger partial charge in [-0.3, -0.25) is 4.79 Å². The zero-order valence-electron chi connectivity index (χ0n) is 16.3. The standard InChI is InChI=1S/C22H37NO/c1-5-8-11-12-19(4)23(18-10-7-3)22(24)21-16-14-20(15-17-21)13-9-6-2/h14-17,19H,5-13,18H2,1-4H3. The third kappa shape index (κ3) is 7.07. The number of unbranched alkanes of at least 4 members (excludes halogenated alkanes) is 4. The lowest BCUT2D eigenvalue weighted by molar-refractivity contribution is 0.0679. The fraction of sp³-hybridized carbons (Fsp3) is 0.682. The van der Waals surface area contributed by atoms with Gasteiger partial charge in [-0.15, -0.1) is 0 Å². The summed E-state index contributed by atoms with van der Waals surface area (Å²) in [4.78, 5) is 15.1. The van der Waals surface area contributed by atoms with Crippen molar-refractivity contribution < 1.29 is 4.79 Å². The van der Waals surface area contributed by atoms with Crippen LogP contribution < -0.4 is 0 Å². The Kier molecular flexibility index (Phi) is 10.5. The van der Waals surface area contributed by atoms with Crippen molar-refractivity contribution in [1.29, 1.82) is 0 Å². The van der Waals surface area contributed by atoms with Crippen molar-refractivity contribution in [2.75, 3.05) is 6.54 Å². The third-order valence-corrected chi connectivity index (χ3v) is 4.79. The second-order valence-electron chi connectivity index (χ2n) is 7.00. The number of carbonyl (C=O) groups is 1. The molecule has 0 aliphatic heterocycles. The predicted molar refractivity (Wildman–Crippen MR) is 105 cm³/mol. The molecule has 0 saturated carbocycles. The van der Waals surface area contributed by atoms with Gasteiger partial charge in [-0.05, 0) is 50.3 Å². The summed E-state index contributed by atoms with van der Waals surface area (Å²) in [6.07, 6.45) is 10.5. The van der Waals surface area contributed by atoms with Gasteiger partial charge in [-0.1, -0.05) is 65.0 Å². The molecule has 0 aliphatic carbocycles. The van der Waals surface area contributed by atoms with Crippen molar-refractivity contribution in [3.63, 3.8) is 0 Å². The third-order valence-electron chi connectivity index (χ3n) is 4.79. The molecule has 0 aromatic heterocycles. The lowest BCUT2D eigenvalue weighted by Crippen LogP contribution is -2.39. The van der Waals surface area contributed by atoms with Gasteiger partial charge in [-0.2, -0.15) is 0 Å². The van der Waals surface area contributed by atoms with E-state index in [9.17, 15) is 4.79 Å². The van der Waals surface area contributed by atoms with Gasteiger partial charge in [0.15, 0.2) is 0 Å². The highest BCUT2D eigenvalue weighted by Crippen LogP contribution is 2.16. The lowest BCUT2D eigenvalue weighted by Gasteiger charge is -2.29. The van der Waals surface area contributed by atoms with E-state index in [1.165, 1.54) is 37.7 Å². The second kappa shape index (κ2) is 12.1. The minimum Gasteiger partial charge on any atom is -0.336 e. The van der Waals surface area contributed by atoms with Gasteiger partial charge >= 0.3 is 0 Å². The van der Waals surface area contributed by atoms with Crippen molar-refractivity contribution in [3.8, 4) is 0 Å². The van der Waals surface area contributed by atoms with Gasteiger partial charge in [-0.25, -0.2) is 0 Å². The molecule has 1 rings (SSSR count). The van der Waals surface area contributed by atoms with Crippen LogP contribution in [0.3, 0.4) is 0 Å². The van der Waals surface area contributed by atoms with Crippen LogP contribution in [0, 0.1) is 0 Å². The van der Waals surface area contributed by atoms with Gasteiger partial charge in [0, 0.05) is 18.2 Å². The van der Waals surface area contributed by atoms with Crippen LogP contribution in [0.15, 0.2) is 24.3 Å². The number of benzene rings is 1. The summed E-state index contributed by atoms with van der Waals surface area (Å²) in [5.41, 5.74) is 2.18. The summed E-state index contributed by atoms with van der Waals surface area (Å²) >= 11 is 0. The summed E-state index contributed by atoms with van der Waals surface area (Å²) in [5, 5.41) is 0. The first-order chi connectivity index (χ1) is 11.6. The fourth-order valence-electron chi connectivity index (χ4n) is 3.06. The van der Waals surface area contributed by atoms with Crippen LogP contribution in [0.4, 0.5) is 0 Å². The van der Waals surface area contributed by atoms with E-state index in [-0.39, 0.29) is 5.91 Å². The van der Waals surface area contributed by atoms with E-state index in [4.69, 9.17) is 0 Å². The number of hydrogen-bond acceptors (Lipinski definition) is 1. The van der Waals surface area contributed by atoms with Crippen LogP contribution >= 0.6 is 0 Å².